The van der Waals surface area contributed by atoms with E-state index >= 15 is 0 Å². The summed E-state index contributed by atoms with van der Waals surface area (Å²) in [7, 11) is 0. The number of aromatic amines is 1. The van der Waals surface area contributed by atoms with E-state index in [0.29, 0.717) is 5.16 Å². The van der Waals surface area contributed by atoms with Crippen LogP contribution < -0.4 is 10.9 Å². The molecule has 0 amide bonds. The molecule has 2 rings (SSSR count). The van der Waals surface area contributed by atoms with Gasteiger partial charge >= 0.3 is 0 Å². The maximum atomic E-state index is 11.3. The van der Waals surface area contributed by atoms with Crippen molar-refractivity contribution in [1.29, 1.82) is 0 Å². The Hall–Kier alpha value is -1.59. The van der Waals surface area contributed by atoms with E-state index in [0.717, 1.165) is 12.3 Å². The highest BCUT2D eigenvalue weighted by molar-refractivity contribution is 7.99. The monoisotopic (exact) mass is 303 g/mol. The molecule has 0 saturated heterocycles. The van der Waals surface area contributed by atoms with E-state index in [4.69, 9.17) is 0 Å². The lowest BCUT2D eigenvalue weighted by molar-refractivity contribution is 0.602. The van der Waals surface area contributed by atoms with Gasteiger partial charge in [-0.25, -0.2) is 4.98 Å². The molecular weight excluding hydrogens is 282 g/mol. The van der Waals surface area contributed by atoms with Gasteiger partial charge in [0.05, 0.1) is 0 Å². The number of benzene rings is 1. The number of nitrogens with zero attached hydrogens (tertiary/aromatic N) is 1. The van der Waals surface area contributed by atoms with E-state index in [-0.39, 0.29) is 11.6 Å². The van der Waals surface area contributed by atoms with E-state index in [9.17, 15) is 4.79 Å². The molecule has 0 aliphatic rings. The van der Waals surface area contributed by atoms with Crippen molar-refractivity contribution >= 4 is 11.8 Å². The smallest absolute Gasteiger partial charge is 0.251 e. The van der Waals surface area contributed by atoms with Gasteiger partial charge in [0.15, 0.2) is 5.16 Å². The van der Waals surface area contributed by atoms with Gasteiger partial charge in [0.2, 0.25) is 0 Å². The van der Waals surface area contributed by atoms with Gasteiger partial charge in [-0.3, -0.25) is 4.79 Å². The molecule has 21 heavy (non-hydrogen) atoms. The fourth-order valence-electron chi connectivity index (χ4n) is 2.23. The Morgan fingerprint density at radius 3 is 2.86 bits per heavy atom. The lowest BCUT2D eigenvalue weighted by atomic mass is 10.00. The second-order valence-corrected chi connectivity index (χ2v) is 6.03. The molecule has 112 valence electrons. The van der Waals surface area contributed by atoms with Crippen molar-refractivity contribution in [2.24, 2.45) is 0 Å². The van der Waals surface area contributed by atoms with E-state index in [2.05, 4.69) is 54.3 Å². The number of aryl methyl sites for hydroxylation is 2. The molecule has 1 atom stereocenters. The fraction of sp³-hybridized carbons (Fsp3) is 0.375. The lowest BCUT2D eigenvalue weighted by Crippen LogP contribution is -2.24. The Bertz CT molecular complexity index is 654. The van der Waals surface area contributed by atoms with Crippen LogP contribution >= 0.6 is 11.8 Å². The van der Waals surface area contributed by atoms with Crippen molar-refractivity contribution in [3.8, 4) is 0 Å². The van der Waals surface area contributed by atoms with Crippen LogP contribution in [0.1, 0.15) is 29.7 Å². The molecule has 1 unspecified atom stereocenters. The first-order valence-corrected chi connectivity index (χ1v) is 8.07. The highest BCUT2D eigenvalue weighted by atomic mass is 32.2. The van der Waals surface area contributed by atoms with Crippen molar-refractivity contribution in [3.63, 3.8) is 0 Å². The summed E-state index contributed by atoms with van der Waals surface area (Å²) in [6.07, 6.45) is 1.54. The topological polar surface area (TPSA) is 57.8 Å². The number of thioether (sulfide) groups is 1. The van der Waals surface area contributed by atoms with Crippen LogP contribution in [0.15, 0.2) is 40.4 Å². The Morgan fingerprint density at radius 1 is 1.33 bits per heavy atom. The first-order valence-electron chi connectivity index (χ1n) is 7.09. The molecule has 0 bridgehead atoms. The van der Waals surface area contributed by atoms with E-state index in [1.165, 1.54) is 22.8 Å². The molecule has 2 N–H and O–H groups in total. The second-order valence-electron chi connectivity index (χ2n) is 5.02. The van der Waals surface area contributed by atoms with Crippen LogP contribution in [0.25, 0.3) is 0 Å². The van der Waals surface area contributed by atoms with Crippen molar-refractivity contribution in [1.82, 2.24) is 15.3 Å². The van der Waals surface area contributed by atoms with Gasteiger partial charge in [-0.05, 0) is 31.5 Å². The number of rotatable bonds is 6. The number of hydrogen-bond acceptors (Lipinski definition) is 4. The maximum Gasteiger partial charge on any atom is 0.251 e. The zero-order valence-corrected chi connectivity index (χ0v) is 13.5. The molecule has 0 aliphatic heterocycles. The van der Waals surface area contributed by atoms with Crippen LogP contribution in [-0.4, -0.2) is 22.3 Å². The summed E-state index contributed by atoms with van der Waals surface area (Å²) in [5.74, 6) is 0.824. The first-order chi connectivity index (χ1) is 10.1. The van der Waals surface area contributed by atoms with Crippen LogP contribution in [0, 0.1) is 13.8 Å². The summed E-state index contributed by atoms with van der Waals surface area (Å²) < 4.78 is 0. The van der Waals surface area contributed by atoms with E-state index in [1.54, 1.807) is 18.0 Å². The normalized spacial score (nSPS) is 12.3. The standard InChI is InChI=1S/C16H21N3OS/c1-4-17-14(13-9-11(2)5-6-12(13)3)10-21-16-18-8-7-15(20)19-16/h5-9,14,17H,4,10H2,1-3H3,(H,18,19,20). The predicted molar refractivity (Wildman–Crippen MR) is 87.9 cm³/mol. The Balaban J connectivity index is 2.15. The zero-order valence-electron chi connectivity index (χ0n) is 12.6. The summed E-state index contributed by atoms with van der Waals surface area (Å²) in [4.78, 5) is 18.2. The predicted octanol–water partition coefficient (Wildman–Crippen LogP) is 2.83. The van der Waals surface area contributed by atoms with Gasteiger partial charge in [-0.15, -0.1) is 0 Å². The largest absolute Gasteiger partial charge is 0.309 e. The van der Waals surface area contributed by atoms with Gasteiger partial charge in [-0.2, -0.15) is 0 Å². The summed E-state index contributed by atoms with van der Waals surface area (Å²) >= 11 is 1.56. The van der Waals surface area contributed by atoms with Crippen LogP contribution in [0.2, 0.25) is 0 Å². The summed E-state index contributed by atoms with van der Waals surface area (Å²) in [5, 5.41) is 4.17. The summed E-state index contributed by atoms with van der Waals surface area (Å²) in [5.41, 5.74) is 3.73. The molecule has 1 aromatic heterocycles. The van der Waals surface area contributed by atoms with Gasteiger partial charge in [-0.1, -0.05) is 42.4 Å². The van der Waals surface area contributed by atoms with Crippen molar-refractivity contribution in [3.05, 3.63) is 57.5 Å². The number of aromatic nitrogens is 2. The van der Waals surface area contributed by atoms with E-state index < -0.39 is 0 Å². The van der Waals surface area contributed by atoms with Crippen molar-refractivity contribution in [2.75, 3.05) is 12.3 Å². The molecule has 0 spiro atoms. The fourth-order valence-corrected chi connectivity index (χ4v) is 3.16. The molecule has 0 saturated carbocycles. The van der Waals surface area contributed by atoms with Crippen LogP contribution in [0.5, 0.6) is 0 Å². The summed E-state index contributed by atoms with van der Waals surface area (Å²) in [6, 6.07) is 8.18. The highest BCUT2D eigenvalue weighted by Crippen LogP contribution is 2.25. The van der Waals surface area contributed by atoms with Crippen molar-refractivity contribution < 1.29 is 0 Å². The second kappa shape index (κ2) is 7.43. The Labute approximate surface area is 129 Å². The van der Waals surface area contributed by atoms with Crippen molar-refractivity contribution in [2.45, 2.75) is 32.0 Å². The third-order valence-corrected chi connectivity index (χ3v) is 4.28. The Morgan fingerprint density at radius 2 is 2.14 bits per heavy atom. The van der Waals surface area contributed by atoms with Crippen LogP contribution in [0.4, 0.5) is 0 Å². The number of H-pyrrole nitrogens is 1. The molecule has 2 aromatic rings. The van der Waals surface area contributed by atoms with Gasteiger partial charge in [0, 0.05) is 24.1 Å². The minimum Gasteiger partial charge on any atom is -0.309 e. The van der Waals surface area contributed by atoms with E-state index in [1.807, 2.05) is 0 Å². The van der Waals surface area contributed by atoms with Gasteiger partial charge in [0.25, 0.3) is 5.56 Å². The molecule has 0 aliphatic carbocycles. The molecular formula is C16H21N3OS. The minimum atomic E-state index is -0.112. The molecule has 1 heterocycles. The SMILES string of the molecule is CCNC(CSc1nccc(=O)[nH]1)c1cc(C)ccc1C. The average molecular weight is 303 g/mol. The van der Waals surface area contributed by atoms with Gasteiger partial charge in [0.1, 0.15) is 0 Å². The highest BCUT2D eigenvalue weighted by Gasteiger charge is 2.14. The maximum absolute atomic E-state index is 11.3. The molecule has 1 aromatic carbocycles. The van der Waals surface area contributed by atoms with Crippen LogP contribution in [0.3, 0.4) is 0 Å². The lowest BCUT2D eigenvalue weighted by Gasteiger charge is -2.20. The van der Waals surface area contributed by atoms with Gasteiger partial charge < -0.3 is 10.3 Å². The zero-order chi connectivity index (χ0) is 15.2. The number of hydrogen-bond donors (Lipinski definition) is 2. The molecule has 5 heteroatoms. The average Bonchev–Trinajstić information content (AvgIpc) is 2.46. The number of nitrogens with one attached hydrogen (secondary N) is 2. The molecule has 0 fully saturated rings. The summed E-state index contributed by atoms with van der Waals surface area (Å²) in [6.45, 7) is 7.24. The quantitative estimate of drug-likeness (QED) is 0.636. The minimum absolute atomic E-state index is 0.112. The Kier molecular flexibility index (Phi) is 5.59. The third kappa shape index (κ3) is 4.44. The molecule has 4 nitrogen and oxygen atoms in total. The first kappa shape index (κ1) is 15.8. The third-order valence-electron chi connectivity index (χ3n) is 3.30. The van der Waals surface area contributed by atoms with Crippen LogP contribution in [-0.2, 0) is 0 Å². The molecule has 0 radical (unpaired) electrons.